The monoisotopic (exact) mass is 250 g/mol. The normalized spacial score (nSPS) is 13.1. The van der Waals surface area contributed by atoms with Crippen molar-refractivity contribution in [3.05, 3.63) is 29.8 Å². The van der Waals surface area contributed by atoms with Crippen LogP contribution < -0.4 is 10.5 Å². The molecular formula is C13H18N2O3. The van der Waals surface area contributed by atoms with Crippen molar-refractivity contribution in [3.63, 3.8) is 0 Å². The minimum atomic E-state index is -0.374. The lowest BCUT2D eigenvalue weighted by atomic mass is 10.1. The Morgan fingerprint density at radius 3 is 2.56 bits per heavy atom. The minimum absolute atomic E-state index is 0.270. The fourth-order valence-electron chi connectivity index (χ4n) is 1.34. The molecule has 0 fully saturated rings. The highest BCUT2D eigenvalue weighted by Crippen LogP contribution is 2.14. The zero-order valence-corrected chi connectivity index (χ0v) is 10.6. The molecule has 1 atom stereocenters. The summed E-state index contributed by atoms with van der Waals surface area (Å²) in [5.41, 5.74) is 6.81. The molecule has 0 aromatic heterocycles. The largest absolute Gasteiger partial charge is 0.493 e. The summed E-state index contributed by atoms with van der Waals surface area (Å²) in [6, 6.07) is 7.40. The molecule has 0 aliphatic rings. The highest BCUT2D eigenvalue weighted by molar-refractivity contribution is 5.83. The number of ether oxygens (including phenoxy) is 1. The van der Waals surface area contributed by atoms with Crippen LogP contribution in [0.4, 0.5) is 0 Å². The van der Waals surface area contributed by atoms with Crippen LogP contribution >= 0.6 is 0 Å². The maximum atomic E-state index is 10.8. The van der Waals surface area contributed by atoms with E-state index in [1.165, 1.54) is 0 Å². The molecule has 1 unspecified atom stereocenters. The van der Waals surface area contributed by atoms with Crippen LogP contribution in [0, 0.1) is 5.92 Å². The molecule has 1 aromatic rings. The topological polar surface area (TPSA) is 84.9 Å². The smallest absolute Gasteiger partial charge is 0.223 e. The first-order valence-electron chi connectivity index (χ1n) is 5.71. The number of nitrogens with two attached hydrogens (primary N) is 1. The van der Waals surface area contributed by atoms with Crippen LogP contribution in [-0.4, -0.2) is 23.4 Å². The highest BCUT2D eigenvalue weighted by Gasteiger charge is 2.09. The van der Waals surface area contributed by atoms with E-state index in [1.54, 1.807) is 13.8 Å². The Labute approximate surface area is 106 Å². The number of benzene rings is 1. The van der Waals surface area contributed by atoms with E-state index in [0.717, 1.165) is 5.56 Å². The molecule has 18 heavy (non-hydrogen) atoms. The van der Waals surface area contributed by atoms with E-state index in [1.807, 2.05) is 24.3 Å². The Balaban J connectivity index is 2.53. The minimum Gasteiger partial charge on any atom is -0.493 e. The summed E-state index contributed by atoms with van der Waals surface area (Å²) in [6.07, 6.45) is 0.592. The van der Waals surface area contributed by atoms with Gasteiger partial charge in [-0.05, 0) is 24.6 Å². The SMILES string of the molecule is C/C(Cc1ccc(OCC(C)C(N)=O)cc1)=N\O. The Kier molecular flexibility index (Phi) is 5.17. The number of oxime groups is 1. The molecular weight excluding hydrogens is 232 g/mol. The zero-order valence-electron chi connectivity index (χ0n) is 10.6. The van der Waals surface area contributed by atoms with E-state index in [2.05, 4.69) is 5.16 Å². The van der Waals surface area contributed by atoms with Crippen molar-refractivity contribution in [3.8, 4) is 5.75 Å². The van der Waals surface area contributed by atoms with Crippen molar-refractivity contribution < 1.29 is 14.7 Å². The molecule has 1 aromatic carbocycles. The molecule has 5 nitrogen and oxygen atoms in total. The molecule has 0 radical (unpaired) electrons. The summed E-state index contributed by atoms with van der Waals surface area (Å²) >= 11 is 0. The van der Waals surface area contributed by atoms with Gasteiger partial charge in [0.1, 0.15) is 5.75 Å². The van der Waals surface area contributed by atoms with Gasteiger partial charge < -0.3 is 15.7 Å². The van der Waals surface area contributed by atoms with Crippen molar-refractivity contribution >= 4 is 11.6 Å². The molecule has 0 saturated heterocycles. The summed E-state index contributed by atoms with van der Waals surface area (Å²) in [5.74, 6) is 0.000265. The summed E-state index contributed by atoms with van der Waals surface area (Å²) in [5, 5.41) is 11.7. The number of carbonyl (C=O) groups excluding carboxylic acids is 1. The number of rotatable bonds is 6. The molecule has 0 heterocycles. The van der Waals surface area contributed by atoms with Crippen LogP contribution in [0.25, 0.3) is 0 Å². The second-order valence-corrected chi connectivity index (χ2v) is 4.27. The quantitative estimate of drug-likeness (QED) is 0.456. The third-order valence-electron chi connectivity index (χ3n) is 2.54. The van der Waals surface area contributed by atoms with Gasteiger partial charge >= 0.3 is 0 Å². The van der Waals surface area contributed by atoms with Crippen LogP contribution in [-0.2, 0) is 11.2 Å². The number of amides is 1. The molecule has 0 spiro atoms. The van der Waals surface area contributed by atoms with E-state index in [4.69, 9.17) is 15.7 Å². The number of hydrogen-bond acceptors (Lipinski definition) is 4. The average molecular weight is 250 g/mol. The molecule has 1 rings (SSSR count). The van der Waals surface area contributed by atoms with E-state index < -0.39 is 0 Å². The lowest BCUT2D eigenvalue weighted by molar-refractivity contribution is -0.122. The van der Waals surface area contributed by atoms with Gasteiger partial charge in [-0.2, -0.15) is 0 Å². The predicted octanol–water partition coefficient (Wildman–Crippen LogP) is 1.58. The Morgan fingerprint density at radius 2 is 2.06 bits per heavy atom. The van der Waals surface area contributed by atoms with Gasteiger partial charge in [-0.3, -0.25) is 4.79 Å². The van der Waals surface area contributed by atoms with Gasteiger partial charge in [0.25, 0.3) is 0 Å². The van der Waals surface area contributed by atoms with Crippen LogP contribution in [0.2, 0.25) is 0 Å². The van der Waals surface area contributed by atoms with Gasteiger partial charge in [0.15, 0.2) is 0 Å². The Morgan fingerprint density at radius 1 is 1.44 bits per heavy atom. The van der Waals surface area contributed by atoms with E-state index in [9.17, 15) is 4.79 Å². The predicted molar refractivity (Wildman–Crippen MR) is 68.9 cm³/mol. The number of carbonyl (C=O) groups is 1. The maximum Gasteiger partial charge on any atom is 0.223 e. The average Bonchev–Trinajstić information content (AvgIpc) is 2.37. The third-order valence-corrected chi connectivity index (χ3v) is 2.54. The zero-order chi connectivity index (χ0) is 13.5. The maximum absolute atomic E-state index is 10.8. The number of hydrogen-bond donors (Lipinski definition) is 2. The third kappa shape index (κ3) is 4.45. The summed E-state index contributed by atoms with van der Waals surface area (Å²) in [4.78, 5) is 10.8. The first-order chi connectivity index (χ1) is 8.52. The van der Waals surface area contributed by atoms with E-state index >= 15 is 0 Å². The van der Waals surface area contributed by atoms with E-state index in [-0.39, 0.29) is 18.4 Å². The van der Waals surface area contributed by atoms with Crippen molar-refractivity contribution in [2.45, 2.75) is 20.3 Å². The summed E-state index contributed by atoms with van der Waals surface area (Å²) in [7, 11) is 0. The van der Waals surface area contributed by atoms with Gasteiger partial charge in [0.05, 0.1) is 18.2 Å². The second-order valence-electron chi connectivity index (χ2n) is 4.27. The van der Waals surface area contributed by atoms with Gasteiger partial charge in [-0.1, -0.05) is 24.2 Å². The molecule has 0 aliphatic carbocycles. The van der Waals surface area contributed by atoms with Crippen molar-refractivity contribution in [1.82, 2.24) is 0 Å². The van der Waals surface area contributed by atoms with Gasteiger partial charge in [0, 0.05) is 6.42 Å². The molecule has 3 N–H and O–H groups in total. The highest BCUT2D eigenvalue weighted by atomic mass is 16.5. The van der Waals surface area contributed by atoms with Gasteiger partial charge in [0.2, 0.25) is 5.91 Å². The van der Waals surface area contributed by atoms with Crippen LogP contribution in [0.5, 0.6) is 5.75 Å². The molecule has 0 bridgehead atoms. The molecule has 98 valence electrons. The van der Waals surface area contributed by atoms with Crippen LogP contribution in [0.1, 0.15) is 19.4 Å². The standard InChI is InChI=1S/C13H18N2O3/c1-9(13(14)16)8-18-12-5-3-11(4-6-12)7-10(2)15-17/h3-6,9,17H,7-8H2,1-2H3,(H2,14,16)/b15-10+. The second kappa shape index (κ2) is 6.64. The Hall–Kier alpha value is -2.04. The van der Waals surface area contributed by atoms with E-state index in [0.29, 0.717) is 17.9 Å². The fraction of sp³-hybridized carbons (Fsp3) is 0.385. The first kappa shape index (κ1) is 14.0. The molecule has 0 saturated carbocycles. The van der Waals surface area contributed by atoms with Gasteiger partial charge in [-0.25, -0.2) is 0 Å². The van der Waals surface area contributed by atoms with Crippen LogP contribution in [0.3, 0.4) is 0 Å². The molecule has 5 heteroatoms. The fourth-order valence-corrected chi connectivity index (χ4v) is 1.34. The molecule has 0 aliphatic heterocycles. The number of nitrogens with zero attached hydrogens (tertiary/aromatic N) is 1. The van der Waals surface area contributed by atoms with Crippen LogP contribution in [0.15, 0.2) is 29.4 Å². The van der Waals surface area contributed by atoms with Gasteiger partial charge in [-0.15, -0.1) is 0 Å². The summed E-state index contributed by atoms with van der Waals surface area (Å²) < 4.78 is 5.43. The number of primary amides is 1. The van der Waals surface area contributed by atoms with Crippen molar-refractivity contribution in [2.24, 2.45) is 16.8 Å². The lowest BCUT2D eigenvalue weighted by Crippen LogP contribution is -2.25. The lowest BCUT2D eigenvalue weighted by Gasteiger charge is -2.10. The van der Waals surface area contributed by atoms with Crippen molar-refractivity contribution in [1.29, 1.82) is 0 Å². The Bertz CT molecular complexity index is 426. The first-order valence-corrected chi connectivity index (χ1v) is 5.71. The van der Waals surface area contributed by atoms with Crippen molar-refractivity contribution in [2.75, 3.05) is 6.61 Å². The molecule has 1 amide bonds. The summed E-state index contributed by atoms with van der Waals surface area (Å²) in [6.45, 7) is 3.74.